The van der Waals surface area contributed by atoms with Crippen molar-refractivity contribution >= 4 is 23.2 Å². The van der Waals surface area contributed by atoms with E-state index in [4.69, 9.17) is 9.47 Å². The van der Waals surface area contributed by atoms with Gasteiger partial charge in [0.15, 0.2) is 11.5 Å². The first-order valence-corrected chi connectivity index (χ1v) is 8.77. The zero-order valence-corrected chi connectivity index (χ0v) is 16.8. The van der Waals surface area contributed by atoms with Gasteiger partial charge in [-0.25, -0.2) is 5.43 Å². The fourth-order valence-electron chi connectivity index (χ4n) is 2.66. The number of hydrogen-bond donors (Lipinski definition) is 2. The number of carbonyl (C=O) groups is 2. The lowest BCUT2D eigenvalue weighted by Crippen LogP contribution is -2.22. The van der Waals surface area contributed by atoms with Crippen LogP contribution in [0.25, 0.3) is 0 Å². The smallest absolute Gasteiger partial charge is 0.271 e. The lowest BCUT2D eigenvalue weighted by molar-refractivity contribution is -0.115. The number of anilines is 1. The molecule has 0 aliphatic heterocycles. The van der Waals surface area contributed by atoms with Crippen molar-refractivity contribution in [3.8, 4) is 11.5 Å². The maximum atomic E-state index is 12.3. The minimum absolute atomic E-state index is 0.0694. The van der Waals surface area contributed by atoms with Crippen molar-refractivity contribution in [2.75, 3.05) is 19.5 Å². The molecule has 0 spiro atoms. The van der Waals surface area contributed by atoms with Gasteiger partial charge in [0, 0.05) is 17.0 Å². The van der Waals surface area contributed by atoms with Gasteiger partial charge in [0.05, 0.1) is 20.6 Å². The summed E-state index contributed by atoms with van der Waals surface area (Å²) in [5.41, 5.74) is 6.09. The Balaban J connectivity index is 1.98. The van der Waals surface area contributed by atoms with Crippen molar-refractivity contribution in [1.82, 2.24) is 5.43 Å². The highest BCUT2D eigenvalue weighted by molar-refractivity contribution is 6.06. The average Bonchev–Trinajstić information content (AvgIpc) is 2.68. The van der Waals surface area contributed by atoms with E-state index in [0.29, 0.717) is 22.8 Å². The number of hydrogen-bond acceptors (Lipinski definition) is 5. The number of nitrogens with zero attached hydrogens (tertiary/aromatic N) is 1. The normalized spacial score (nSPS) is 11.0. The molecule has 0 aliphatic carbocycles. The highest BCUT2D eigenvalue weighted by Crippen LogP contribution is 2.27. The van der Waals surface area contributed by atoms with Crippen molar-refractivity contribution in [2.45, 2.75) is 27.2 Å². The number of aryl methyl sites for hydroxylation is 2. The number of rotatable bonds is 7. The molecule has 148 valence electrons. The Labute approximate surface area is 164 Å². The quantitative estimate of drug-likeness (QED) is 0.566. The molecule has 0 saturated heterocycles. The van der Waals surface area contributed by atoms with Crippen LogP contribution in [0.2, 0.25) is 0 Å². The Morgan fingerprint density at radius 1 is 1.00 bits per heavy atom. The standard InChI is InChI=1S/C21H25N3O4/c1-13-7-6-8-14(2)20(13)22-19(25)11-15(3)23-24-21(26)16-9-10-17(27-4)18(12-16)28-5/h6-10,12H,11H2,1-5H3,(H,22,25)(H,24,26)/b23-15+. The molecule has 7 nitrogen and oxygen atoms in total. The van der Waals surface area contributed by atoms with Gasteiger partial charge in [0.1, 0.15) is 0 Å². The molecule has 7 heteroatoms. The molecule has 2 N–H and O–H groups in total. The first-order valence-electron chi connectivity index (χ1n) is 8.77. The topological polar surface area (TPSA) is 89.0 Å². The zero-order valence-electron chi connectivity index (χ0n) is 16.8. The Hall–Kier alpha value is -3.35. The van der Waals surface area contributed by atoms with E-state index in [9.17, 15) is 9.59 Å². The molecule has 2 rings (SSSR count). The lowest BCUT2D eigenvalue weighted by atomic mass is 10.1. The molecule has 0 saturated carbocycles. The first-order chi connectivity index (χ1) is 13.3. The summed E-state index contributed by atoms with van der Waals surface area (Å²) >= 11 is 0. The van der Waals surface area contributed by atoms with E-state index < -0.39 is 5.91 Å². The third kappa shape index (κ3) is 5.33. The number of para-hydroxylation sites is 1. The highest BCUT2D eigenvalue weighted by Gasteiger charge is 2.12. The summed E-state index contributed by atoms with van der Waals surface area (Å²) in [6.07, 6.45) is 0.0694. The van der Waals surface area contributed by atoms with Crippen LogP contribution in [0, 0.1) is 13.8 Å². The van der Waals surface area contributed by atoms with Gasteiger partial charge < -0.3 is 14.8 Å². The van der Waals surface area contributed by atoms with E-state index in [1.54, 1.807) is 25.1 Å². The van der Waals surface area contributed by atoms with Crippen LogP contribution in [-0.2, 0) is 4.79 Å². The molecule has 0 aromatic heterocycles. The zero-order chi connectivity index (χ0) is 20.7. The number of hydrazone groups is 1. The van der Waals surface area contributed by atoms with Gasteiger partial charge >= 0.3 is 0 Å². The van der Waals surface area contributed by atoms with Crippen molar-refractivity contribution in [3.05, 3.63) is 53.1 Å². The van der Waals surface area contributed by atoms with E-state index in [0.717, 1.165) is 16.8 Å². The number of carbonyl (C=O) groups excluding carboxylic acids is 2. The Kier molecular flexibility index (Phi) is 7.14. The number of ether oxygens (including phenoxy) is 2. The van der Waals surface area contributed by atoms with E-state index >= 15 is 0 Å². The van der Waals surface area contributed by atoms with Gasteiger partial charge in [0.2, 0.25) is 5.91 Å². The summed E-state index contributed by atoms with van der Waals surface area (Å²) < 4.78 is 10.3. The minimum atomic E-state index is -0.407. The summed E-state index contributed by atoms with van der Waals surface area (Å²) in [5.74, 6) is 0.375. The molecule has 2 amide bonds. The molecule has 0 unspecified atom stereocenters. The third-order valence-corrected chi connectivity index (χ3v) is 4.16. The molecule has 0 fully saturated rings. The summed E-state index contributed by atoms with van der Waals surface area (Å²) in [5, 5.41) is 6.90. The van der Waals surface area contributed by atoms with Crippen LogP contribution < -0.4 is 20.2 Å². The summed E-state index contributed by atoms with van der Waals surface area (Å²) in [7, 11) is 3.02. The molecular formula is C21H25N3O4. The maximum absolute atomic E-state index is 12.3. The minimum Gasteiger partial charge on any atom is -0.493 e. The molecule has 0 aliphatic rings. The molecule has 0 radical (unpaired) electrons. The highest BCUT2D eigenvalue weighted by atomic mass is 16.5. The van der Waals surface area contributed by atoms with Crippen LogP contribution in [-0.4, -0.2) is 31.7 Å². The summed E-state index contributed by atoms with van der Waals surface area (Å²) in [6.45, 7) is 5.55. The largest absolute Gasteiger partial charge is 0.493 e. The average molecular weight is 383 g/mol. The van der Waals surface area contributed by atoms with Gasteiger partial charge in [0.25, 0.3) is 5.91 Å². The Bertz CT molecular complexity index is 886. The van der Waals surface area contributed by atoms with Gasteiger partial charge in [-0.3, -0.25) is 9.59 Å². The fourth-order valence-corrected chi connectivity index (χ4v) is 2.66. The van der Waals surface area contributed by atoms with Crippen molar-refractivity contribution in [3.63, 3.8) is 0 Å². The van der Waals surface area contributed by atoms with Crippen LogP contribution in [0.5, 0.6) is 11.5 Å². The number of amides is 2. The predicted octanol–water partition coefficient (Wildman–Crippen LogP) is 3.46. The van der Waals surface area contributed by atoms with Gasteiger partial charge in [-0.1, -0.05) is 18.2 Å². The maximum Gasteiger partial charge on any atom is 0.271 e. The Morgan fingerprint density at radius 3 is 2.25 bits per heavy atom. The number of methoxy groups -OCH3 is 2. The number of nitrogens with one attached hydrogen (secondary N) is 2. The van der Waals surface area contributed by atoms with Crippen LogP contribution in [0.3, 0.4) is 0 Å². The van der Waals surface area contributed by atoms with E-state index in [2.05, 4.69) is 15.8 Å². The molecule has 2 aromatic carbocycles. The van der Waals surface area contributed by atoms with Gasteiger partial charge in [-0.2, -0.15) is 5.10 Å². The second kappa shape index (κ2) is 9.55. The monoisotopic (exact) mass is 383 g/mol. The van der Waals surface area contributed by atoms with Crippen LogP contribution in [0.15, 0.2) is 41.5 Å². The van der Waals surface area contributed by atoms with Gasteiger partial charge in [-0.05, 0) is 50.1 Å². The molecule has 0 heterocycles. The predicted molar refractivity (Wildman–Crippen MR) is 109 cm³/mol. The van der Waals surface area contributed by atoms with Crippen molar-refractivity contribution < 1.29 is 19.1 Å². The van der Waals surface area contributed by atoms with Crippen LogP contribution in [0.4, 0.5) is 5.69 Å². The molecular weight excluding hydrogens is 358 g/mol. The summed E-state index contributed by atoms with van der Waals surface area (Å²) in [4.78, 5) is 24.5. The first kappa shape index (κ1) is 21.0. The fraction of sp³-hybridized carbons (Fsp3) is 0.286. The SMILES string of the molecule is COc1ccc(C(=O)N/N=C(\C)CC(=O)Nc2c(C)cccc2C)cc1OC. The second-order valence-corrected chi connectivity index (χ2v) is 6.35. The third-order valence-electron chi connectivity index (χ3n) is 4.16. The van der Waals surface area contributed by atoms with Crippen molar-refractivity contribution in [2.24, 2.45) is 5.10 Å². The van der Waals surface area contributed by atoms with E-state index in [-0.39, 0.29) is 12.3 Å². The van der Waals surface area contributed by atoms with E-state index in [1.807, 2.05) is 32.0 Å². The summed E-state index contributed by atoms with van der Waals surface area (Å²) in [6, 6.07) is 10.6. The Morgan fingerprint density at radius 2 is 1.64 bits per heavy atom. The number of benzene rings is 2. The van der Waals surface area contributed by atoms with Crippen molar-refractivity contribution in [1.29, 1.82) is 0 Å². The van der Waals surface area contributed by atoms with Crippen LogP contribution >= 0.6 is 0 Å². The molecule has 28 heavy (non-hydrogen) atoms. The van der Waals surface area contributed by atoms with E-state index in [1.165, 1.54) is 14.2 Å². The molecule has 0 atom stereocenters. The lowest BCUT2D eigenvalue weighted by Gasteiger charge is -2.11. The second-order valence-electron chi connectivity index (χ2n) is 6.35. The molecule has 2 aromatic rings. The van der Waals surface area contributed by atoms with Crippen LogP contribution in [0.1, 0.15) is 34.8 Å². The van der Waals surface area contributed by atoms with Gasteiger partial charge in [-0.15, -0.1) is 0 Å². The molecule has 0 bridgehead atoms.